The third-order valence-electron chi connectivity index (χ3n) is 3.35. The Morgan fingerprint density at radius 1 is 1.04 bits per heavy atom. The maximum absolute atomic E-state index is 11.7. The first-order chi connectivity index (χ1) is 12.7. The molecule has 1 aromatic carbocycles. The van der Waals surface area contributed by atoms with E-state index in [9.17, 15) is 19.5 Å². The van der Waals surface area contributed by atoms with Gasteiger partial charge in [0, 0.05) is 13.0 Å². The number of esters is 1. The van der Waals surface area contributed by atoms with E-state index in [1.807, 2.05) is 0 Å². The molecule has 0 bridgehead atoms. The molecule has 0 saturated heterocycles. The molecule has 0 aromatic heterocycles. The van der Waals surface area contributed by atoms with Crippen LogP contribution in [0.2, 0.25) is 0 Å². The van der Waals surface area contributed by atoms with Gasteiger partial charge in [0.05, 0.1) is 0 Å². The van der Waals surface area contributed by atoms with Crippen LogP contribution in [0.25, 0.3) is 0 Å². The van der Waals surface area contributed by atoms with Crippen LogP contribution in [0, 0.1) is 0 Å². The van der Waals surface area contributed by atoms with Crippen LogP contribution in [0.3, 0.4) is 0 Å². The van der Waals surface area contributed by atoms with Gasteiger partial charge in [0.2, 0.25) is 5.91 Å². The van der Waals surface area contributed by atoms with Crippen molar-refractivity contribution in [1.82, 2.24) is 10.6 Å². The molecule has 27 heavy (non-hydrogen) atoms. The maximum Gasteiger partial charge on any atom is 0.407 e. The Bertz CT molecular complexity index is 639. The molecule has 0 atom stereocenters. The Morgan fingerprint density at radius 3 is 2.41 bits per heavy atom. The van der Waals surface area contributed by atoms with Crippen molar-refractivity contribution in [2.75, 3.05) is 13.3 Å². The lowest BCUT2D eigenvalue weighted by Gasteiger charge is -2.19. The minimum Gasteiger partial charge on any atom is -0.507 e. The van der Waals surface area contributed by atoms with E-state index in [4.69, 9.17) is 9.47 Å². The highest BCUT2D eigenvalue weighted by molar-refractivity contribution is 5.92. The van der Waals surface area contributed by atoms with Crippen LogP contribution in [0.1, 0.15) is 56.8 Å². The van der Waals surface area contributed by atoms with E-state index < -0.39 is 17.7 Å². The molecule has 0 fully saturated rings. The number of para-hydroxylation sites is 1. The van der Waals surface area contributed by atoms with Crippen molar-refractivity contribution in [2.24, 2.45) is 0 Å². The highest BCUT2D eigenvalue weighted by Gasteiger charge is 2.15. The zero-order valence-electron chi connectivity index (χ0n) is 16.0. The quantitative estimate of drug-likeness (QED) is 0.345. The molecule has 150 valence electrons. The number of benzene rings is 1. The number of hydrogen-bond acceptors (Lipinski definition) is 6. The molecule has 0 heterocycles. The van der Waals surface area contributed by atoms with Gasteiger partial charge >= 0.3 is 12.1 Å². The molecule has 2 amide bonds. The highest BCUT2D eigenvalue weighted by atomic mass is 16.6. The van der Waals surface area contributed by atoms with Crippen molar-refractivity contribution >= 4 is 18.0 Å². The summed E-state index contributed by atoms with van der Waals surface area (Å²) in [7, 11) is 0. The van der Waals surface area contributed by atoms with Gasteiger partial charge in [-0.1, -0.05) is 18.6 Å². The van der Waals surface area contributed by atoms with Gasteiger partial charge in [-0.25, -0.2) is 9.59 Å². The van der Waals surface area contributed by atoms with Crippen LogP contribution in [0.5, 0.6) is 5.75 Å². The summed E-state index contributed by atoms with van der Waals surface area (Å²) in [4.78, 5) is 34.9. The normalized spacial score (nSPS) is 10.8. The molecule has 0 aliphatic rings. The number of phenols is 1. The van der Waals surface area contributed by atoms with Crippen molar-refractivity contribution in [2.45, 2.75) is 52.1 Å². The largest absolute Gasteiger partial charge is 0.507 e. The van der Waals surface area contributed by atoms with E-state index in [1.54, 1.807) is 32.9 Å². The molecular weight excluding hydrogens is 352 g/mol. The lowest BCUT2D eigenvalue weighted by Crippen LogP contribution is -2.33. The first-order valence-electron chi connectivity index (χ1n) is 8.88. The van der Waals surface area contributed by atoms with E-state index in [0.29, 0.717) is 19.4 Å². The van der Waals surface area contributed by atoms with E-state index in [1.165, 1.54) is 12.1 Å². The standard InChI is InChI=1S/C19H28N2O6/c1-19(2,3)27-18(25)20-12-8-4-5-11-16(23)21-13-26-17(24)14-9-6-7-10-15(14)22/h6-7,9-10,22H,4-5,8,11-13H2,1-3H3,(H,20,25)(H,21,23). The Balaban J connectivity index is 2.07. The van der Waals surface area contributed by atoms with Gasteiger partial charge in [-0.3, -0.25) is 4.79 Å². The van der Waals surface area contributed by atoms with Crippen LogP contribution in [-0.2, 0) is 14.3 Å². The van der Waals surface area contributed by atoms with Crippen LogP contribution in [0.4, 0.5) is 4.79 Å². The monoisotopic (exact) mass is 380 g/mol. The summed E-state index contributed by atoms with van der Waals surface area (Å²) in [5, 5.41) is 14.7. The van der Waals surface area contributed by atoms with Gasteiger partial charge in [0.25, 0.3) is 0 Å². The van der Waals surface area contributed by atoms with E-state index in [0.717, 1.165) is 12.8 Å². The summed E-state index contributed by atoms with van der Waals surface area (Å²) in [5.74, 6) is -1.12. The fourth-order valence-electron chi connectivity index (χ4n) is 2.09. The smallest absolute Gasteiger partial charge is 0.407 e. The first-order valence-corrected chi connectivity index (χ1v) is 8.88. The molecule has 1 aromatic rings. The first kappa shape index (κ1) is 22.3. The number of nitrogens with one attached hydrogen (secondary N) is 2. The van der Waals surface area contributed by atoms with Crippen molar-refractivity contribution in [1.29, 1.82) is 0 Å². The zero-order chi connectivity index (χ0) is 20.3. The molecule has 0 aliphatic heterocycles. The average molecular weight is 380 g/mol. The number of amides is 2. The molecule has 8 nitrogen and oxygen atoms in total. The van der Waals surface area contributed by atoms with Crippen LogP contribution in [0.15, 0.2) is 24.3 Å². The Labute approximate surface area is 159 Å². The molecule has 8 heteroatoms. The number of hydrogen-bond donors (Lipinski definition) is 3. The van der Waals surface area contributed by atoms with Crippen molar-refractivity contribution in [3.8, 4) is 5.75 Å². The number of phenolic OH excluding ortho intramolecular Hbond substituents is 1. The molecule has 0 saturated carbocycles. The zero-order valence-corrected chi connectivity index (χ0v) is 16.0. The van der Waals surface area contributed by atoms with Gasteiger partial charge in [0.15, 0.2) is 6.73 Å². The number of carbonyl (C=O) groups is 3. The average Bonchev–Trinajstić information content (AvgIpc) is 2.56. The van der Waals surface area contributed by atoms with Crippen molar-refractivity contribution in [3.63, 3.8) is 0 Å². The fourth-order valence-corrected chi connectivity index (χ4v) is 2.09. The summed E-state index contributed by atoms with van der Waals surface area (Å²) in [6.45, 7) is 5.61. The Morgan fingerprint density at radius 2 is 1.74 bits per heavy atom. The summed E-state index contributed by atoms with van der Waals surface area (Å²) >= 11 is 0. The Hall–Kier alpha value is -2.77. The third-order valence-corrected chi connectivity index (χ3v) is 3.35. The van der Waals surface area contributed by atoms with Crippen molar-refractivity contribution < 1.29 is 29.0 Å². The van der Waals surface area contributed by atoms with Gasteiger partial charge in [-0.15, -0.1) is 0 Å². The minimum absolute atomic E-state index is 0.0456. The second kappa shape index (κ2) is 11.1. The summed E-state index contributed by atoms with van der Waals surface area (Å²) in [6, 6.07) is 6.02. The van der Waals surface area contributed by atoms with Crippen LogP contribution < -0.4 is 10.6 Å². The Kier molecular flexibility index (Phi) is 9.12. The second-order valence-electron chi connectivity index (χ2n) is 6.93. The van der Waals surface area contributed by atoms with E-state index in [2.05, 4.69) is 10.6 Å². The van der Waals surface area contributed by atoms with E-state index in [-0.39, 0.29) is 24.0 Å². The van der Waals surface area contributed by atoms with Gasteiger partial charge in [-0.2, -0.15) is 0 Å². The van der Waals surface area contributed by atoms with E-state index >= 15 is 0 Å². The number of aromatic hydroxyl groups is 1. The van der Waals surface area contributed by atoms with Gasteiger partial charge < -0.3 is 25.2 Å². The lowest BCUT2D eigenvalue weighted by atomic mass is 10.2. The number of ether oxygens (including phenoxy) is 2. The van der Waals surface area contributed by atoms with Crippen LogP contribution >= 0.6 is 0 Å². The van der Waals surface area contributed by atoms with Crippen LogP contribution in [-0.4, -0.2) is 42.0 Å². The molecule has 1 rings (SSSR count). The molecule has 0 radical (unpaired) electrons. The van der Waals surface area contributed by atoms with Gasteiger partial charge in [0.1, 0.15) is 16.9 Å². The predicted octanol–water partition coefficient (Wildman–Crippen LogP) is 2.71. The van der Waals surface area contributed by atoms with Gasteiger partial charge in [-0.05, 0) is 45.7 Å². The highest BCUT2D eigenvalue weighted by Crippen LogP contribution is 2.16. The number of rotatable bonds is 9. The number of carbonyl (C=O) groups excluding carboxylic acids is 3. The SMILES string of the molecule is CC(C)(C)OC(=O)NCCCCCC(=O)NCOC(=O)c1ccccc1O. The second-order valence-corrected chi connectivity index (χ2v) is 6.93. The minimum atomic E-state index is -0.707. The topological polar surface area (TPSA) is 114 Å². The maximum atomic E-state index is 11.7. The number of alkyl carbamates (subject to hydrolysis) is 1. The summed E-state index contributed by atoms with van der Waals surface area (Å²) < 4.78 is 10.0. The molecular formula is C19H28N2O6. The fraction of sp³-hybridized carbons (Fsp3) is 0.526. The summed E-state index contributed by atoms with van der Waals surface area (Å²) in [6.07, 6.45) is 1.98. The molecule has 3 N–H and O–H groups in total. The predicted molar refractivity (Wildman–Crippen MR) is 99.2 cm³/mol. The lowest BCUT2D eigenvalue weighted by molar-refractivity contribution is -0.122. The molecule has 0 aliphatic carbocycles. The van der Waals surface area contributed by atoms with Crippen molar-refractivity contribution in [3.05, 3.63) is 29.8 Å². The third kappa shape index (κ3) is 10.1. The number of unbranched alkanes of at least 4 members (excludes halogenated alkanes) is 2. The summed E-state index contributed by atoms with van der Waals surface area (Å²) in [5.41, 5.74) is -0.477. The molecule has 0 spiro atoms. The molecule has 0 unspecified atom stereocenters.